The lowest BCUT2D eigenvalue weighted by atomic mass is 9.87. The van der Waals surface area contributed by atoms with Gasteiger partial charge in [0.15, 0.2) is 6.61 Å². The summed E-state index contributed by atoms with van der Waals surface area (Å²) >= 11 is 3.58. The van der Waals surface area contributed by atoms with Gasteiger partial charge in [-0.2, -0.15) is 0 Å². The van der Waals surface area contributed by atoms with Crippen LogP contribution in [0.5, 0.6) is 5.75 Å². The predicted octanol–water partition coefficient (Wildman–Crippen LogP) is 5.64. The molecule has 1 N–H and O–H groups in total. The molecule has 0 aliphatic heterocycles. The van der Waals surface area contributed by atoms with E-state index in [1.807, 2.05) is 48.5 Å². The molecule has 1 aliphatic carbocycles. The lowest BCUT2D eigenvalue weighted by molar-refractivity contribution is -0.141. The number of ether oxygens (including phenoxy) is 1. The van der Waals surface area contributed by atoms with Gasteiger partial charge in [0, 0.05) is 12.6 Å². The van der Waals surface area contributed by atoms with Crippen LogP contribution in [0.25, 0.3) is 0 Å². The number of benzene rings is 2. The molecule has 0 bridgehead atoms. The molecule has 1 saturated carbocycles. The van der Waals surface area contributed by atoms with Gasteiger partial charge in [-0.15, -0.1) is 0 Å². The Morgan fingerprint density at radius 1 is 1.12 bits per heavy atom. The maximum atomic E-state index is 13.3. The Kier molecular flexibility index (Phi) is 9.17. The third-order valence-electron chi connectivity index (χ3n) is 6.50. The molecule has 1 fully saturated rings. The van der Waals surface area contributed by atoms with Crippen molar-refractivity contribution in [2.45, 2.75) is 77.3 Å². The number of hydrogen-bond acceptors (Lipinski definition) is 3. The molecule has 1 atom stereocenters. The zero-order valence-corrected chi connectivity index (χ0v) is 22.4. The summed E-state index contributed by atoms with van der Waals surface area (Å²) in [5, 5.41) is 3.13. The van der Waals surface area contributed by atoms with Crippen LogP contribution in [0.3, 0.4) is 0 Å². The molecule has 6 heteroatoms. The van der Waals surface area contributed by atoms with Gasteiger partial charge in [-0.25, -0.2) is 0 Å². The second kappa shape index (κ2) is 11.9. The summed E-state index contributed by atoms with van der Waals surface area (Å²) in [5.74, 6) is 0.327. The van der Waals surface area contributed by atoms with Gasteiger partial charge >= 0.3 is 0 Å². The van der Waals surface area contributed by atoms with Gasteiger partial charge in [-0.1, -0.05) is 70.0 Å². The first-order valence-electron chi connectivity index (χ1n) is 12.2. The van der Waals surface area contributed by atoms with E-state index in [0.717, 1.165) is 35.7 Å². The van der Waals surface area contributed by atoms with Crippen LogP contribution >= 0.6 is 15.9 Å². The van der Waals surface area contributed by atoms with Crippen molar-refractivity contribution in [3.05, 3.63) is 64.1 Å². The molecule has 0 heterocycles. The number of nitrogens with one attached hydrogen (secondary N) is 1. The number of hydrogen-bond donors (Lipinski definition) is 1. The summed E-state index contributed by atoms with van der Waals surface area (Å²) in [5.41, 5.74) is 2.33. The minimum Gasteiger partial charge on any atom is -0.483 e. The van der Waals surface area contributed by atoms with E-state index >= 15 is 0 Å². The standard InChI is InChI=1S/C28H37BrN2O3/c1-20(27(33)30-23-12-8-9-13-23)31(17-16-21-10-6-5-7-11-21)26(32)19-34-25-15-14-22(18-24(25)29)28(2,3)4/h5-7,10-11,14-15,18,20,23H,8-9,12-13,16-17,19H2,1-4H3,(H,30,33)/t20-/m1/s1. The third kappa shape index (κ3) is 7.33. The fourth-order valence-electron chi connectivity index (χ4n) is 4.27. The van der Waals surface area contributed by atoms with Gasteiger partial charge in [0.05, 0.1) is 4.47 Å². The molecule has 3 rings (SSSR count). The molecule has 1 aliphatic rings. The Labute approximate surface area is 212 Å². The monoisotopic (exact) mass is 528 g/mol. The van der Waals surface area contributed by atoms with Crippen molar-refractivity contribution in [1.29, 1.82) is 0 Å². The molecule has 0 saturated heterocycles. The van der Waals surface area contributed by atoms with Crippen LogP contribution in [0.15, 0.2) is 53.0 Å². The van der Waals surface area contributed by atoms with E-state index < -0.39 is 6.04 Å². The highest BCUT2D eigenvalue weighted by atomic mass is 79.9. The van der Waals surface area contributed by atoms with E-state index in [0.29, 0.717) is 18.7 Å². The van der Waals surface area contributed by atoms with Gasteiger partial charge in [-0.05, 0) is 70.8 Å². The predicted molar refractivity (Wildman–Crippen MR) is 140 cm³/mol. The Morgan fingerprint density at radius 2 is 1.79 bits per heavy atom. The Morgan fingerprint density at radius 3 is 2.41 bits per heavy atom. The first kappa shape index (κ1) is 26.3. The average Bonchev–Trinajstić information content (AvgIpc) is 3.31. The summed E-state index contributed by atoms with van der Waals surface area (Å²) in [6.45, 7) is 8.60. The van der Waals surface area contributed by atoms with Gasteiger partial charge in [0.1, 0.15) is 11.8 Å². The number of carbonyl (C=O) groups is 2. The second-order valence-corrected chi connectivity index (χ2v) is 11.0. The Balaban J connectivity index is 1.68. The molecule has 184 valence electrons. The zero-order chi connectivity index (χ0) is 24.7. The average molecular weight is 530 g/mol. The summed E-state index contributed by atoms with van der Waals surface area (Å²) < 4.78 is 6.71. The largest absolute Gasteiger partial charge is 0.483 e. The highest BCUT2D eigenvalue weighted by molar-refractivity contribution is 9.10. The Bertz CT molecular complexity index is 965. The summed E-state index contributed by atoms with van der Waals surface area (Å²) in [6, 6.07) is 15.6. The first-order chi connectivity index (χ1) is 16.1. The number of carbonyl (C=O) groups excluding carboxylic acids is 2. The smallest absolute Gasteiger partial charge is 0.261 e. The van der Waals surface area contributed by atoms with E-state index in [1.165, 1.54) is 5.56 Å². The molecular formula is C28H37BrN2O3. The van der Waals surface area contributed by atoms with Crippen LogP contribution in [0.4, 0.5) is 0 Å². The molecular weight excluding hydrogens is 492 g/mol. The Hall–Kier alpha value is -2.34. The van der Waals surface area contributed by atoms with Gasteiger partial charge in [0.2, 0.25) is 5.91 Å². The molecule has 2 aromatic rings. The fourth-order valence-corrected chi connectivity index (χ4v) is 4.76. The van der Waals surface area contributed by atoms with E-state index in [1.54, 1.807) is 11.8 Å². The number of amides is 2. The van der Waals surface area contributed by atoms with Crippen LogP contribution in [-0.2, 0) is 21.4 Å². The van der Waals surface area contributed by atoms with E-state index in [2.05, 4.69) is 42.0 Å². The summed E-state index contributed by atoms with van der Waals surface area (Å²) in [7, 11) is 0. The van der Waals surface area contributed by atoms with Gasteiger partial charge in [-0.3, -0.25) is 9.59 Å². The van der Waals surface area contributed by atoms with Crippen LogP contribution < -0.4 is 10.1 Å². The number of nitrogens with zero attached hydrogens (tertiary/aromatic N) is 1. The van der Waals surface area contributed by atoms with Crippen molar-refractivity contribution in [1.82, 2.24) is 10.2 Å². The molecule has 0 aromatic heterocycles. The first-order valence-corrected chi connectivity index (χ1v) is 13.0. The van der Waals surface area contributed by atoms with E-state index in [9.17, 15) is 9.59 Å². The van der Waals surface area contributed by atoms with Crippen LogP contribution in [0, 0.1) is 0 Å². The van der Waals surface area contributed by atoms with Crippen molar-refractivity contribution < 1.29 is 14.3 Å². The lowest BCUT2D eigenvalue weighted by Crippen LogP contribution is -2.51. The topological polar surface area (TPSA) is 58.6 Å². The minimum absolute atomic E-state index is 0.0210. The number of halogens is 1. The van der Waals surface area contributed by atoms with Crippen molar-refractivity contribution in [3.8, 4) is 5.75 Å². The summed E-state index contributed by atoms with van der Waals surface area (Å²) in [4.78, 5) is 27.9. The molecule has 0 spiro atoms. The molecule has 0 unspecified atom stereocenters. The lowest BCUT2D eigenvalue weighted by Gasteiger charge is -2.29. The minimum atomic E-state index is -0.563. The van der Waals surface area contributed by atoms with E-state index in [-0.39, 0.29) is 29.9 Å². The molecule has 2 aromatic carbocycles. The van der Waals surface area contributed by atoms with Crippen molar-refractivity contribution in [2.24, 2.45) is 0 Å². The SMILES string of the molecule is C[C@H](C(=O)NC1CCCC1)N(CCc1ccccc1)C(=O)COc1ccc(C(C)(C)C)cc1Br. The normalized spacial score (nSPS) is 15.1. The second-order valence-electron chi connectivity index (χ2n) is 10.2. The molecule has 0 radical (unpaired) electrons. The quantitative estimate of drug-likeness (QED) is 0.457. The summed E-state index contributed by atoms with van der Waals surface area (Å²) in [6.07, 6.45) is 4.99. The van der Waals surface area contributed by atoms with Crippen molar-refractivity contribution in [3.63, 3.8) is 0 Å². The van der Waals surface area contributed by atoms with Crippen LogP contribution in [0.2, 0.25) is 0 Å². The van der Waals surface area contributed by atoms with Crippen LogP contribution in [0.1, 0.15) is 64.5 Å². The fraction of sp³-hybridized carbons (Fsp3) is 0.500. The highest BCUT2D eigenvalue weighted by Gasteiger charge is 2.28. The van der Waals surface area contributed by atoms with Crippen LogP contribution in [-0.4, -0.2) is 41.9 Å². The number of rotatable bonds is 9. The van der Waals surface area contributed by atoms with Crippen molar-refractivity contribution >= 4 is 27.7 Å². The van der Waals surface area contributed by atoms with Gasteiger partial charge in [0.25, 0.3) is 5.91 Å². The molecule has 5 nitrogen and oxygen atoms in total. The van der Waals surface area contributed by atoms with Crippen molar-refractivity contribution in [2.75, 3.05) is 13.2 Å². The van der Waals surface area contributed by atoms with E-state index in [4.69, 9.17) is 4.74 Å². The van der Waals surface area contributed by atoms with Gasteiger partial charge < -0.3 is 15.0 Å². The molecule has 34 heavy (non-hydrogen) atoms. The maximum absolute atomic E-state index is 13.3. The highest BCUT2D eigenvalue weighted by Crippen LogP contribution is 2.31. The molecule has 2 amide bonds. The third-order valence-corrected chi connectivity index (χ3v) is 7.12. The zero-order valence-electron chi connectivity index (χ0n) is 20.8. The maximum Gasteiger partial charge on any atom is 0.261 e.